The minimum atomic E-state index is -4.89. The van der Waals surface area contributed by atoms with E-state index in [0.29, 0.717) is 6.07 Å². The van der Waals surface area contributed by atoms with Gasteiger partial charge < -0.3 is 5.11 Å². The molecule has 0 bridgehead atoms. The SMILES string of the molecule is O=C(O)c1cc(Cl)c(C(F)(F)F)cc1[N+](=O)[O-]. The van der Waals surface area contributed by atoms with Crippen LogP contribution in [-0.2, 0) is 6.18 Å². The molecule has 5 nitrogen and oxygen atoms in total. The number of rotatable bonds is 2. The van der Waals surface area contributed by atoms with Crippen LogP contribution in [0.3, 0.4) is 0 Å². The third-order valence-electron chi connectivity index (χ3n) is 1.82. The van der Waals surface area contributed by atoms with E-state index in [9.17, 15) is 28.1 Å². The van der Waals surface area contributed by atoms with Crippen LogP contribution in [0, 0.1) is 10.1 Å². The van der Waals surface area contributed by atoms with Crippen molar-refractivity contribution >= 4 is 23.3 Å². The van der Waals surface area contributed by atoms with E-state index in [-0.39, 0.29) is 6.07 Å². The van der Waals surface area contributed by atoms with Crippen LogP contribution in [0.1, 0.15) is 15.9 Å². The van der Waals surface area contributed by atoms with Gasteiger partial charge in [0.25, 0.3) is 5.69 Å². The molecule has 0 aliphatic carbocycles. The van der Waals surface area contributed by atoms with E-state index in [1.54, 1.807) is 0 Å². The molecular formula is C8H3ClF3NO4. The van der Waals surface area contributed by atoms with Crippen molar-refractivity contribution in [2.45, 2.75) is 6.18 Å². The lowest BCUT2D eigenvalue weighted by molar-refractivity contribution is -0.385. The maximum absolute atomic E-state index is 12.4. The van der Waals surface area contributed by atoms with Crippen LogP contribution in [0.5, 0.6) is 0 Å². The molecule has 0 amide bonds. The van der Waals surface area contributed by atoms with E-state index in [4.69, 9.17) is 16.7 Å². The minimum Gasteiger partial charge on any atom is -0.477 e. The number of carboxylic acid groups (broad SMARTS) is 1. The highest BCUT2D eigenvalue weighted by Crippen LogP contribution is 2.38. The van der Waals surface area contributed by atoms with Crippen LogP contribution in [0.4, 0.5) is 18.9 Å². The molecule has 92 valence electrons. The van der Waals surface area contributed by atoms with Crippen LogP contribution < -0.4 is 0 Å². The van der Waals surface area contributed by atoms with Gasteiger partial charge in [-0.15, -0.1) is 0 Å². The van der Waals surface area contributed by atoms with Crippen molar-refractivity contribution in [2.24, 2.45) is 0 Å². The second-order valence-electron chi connectivity index (χ2n) is 2.91. The monoisotopic (exact) mass is 269 g/mol. The van der Waals surface area contributed by atoms with Crippen molar-refractivity contribution in [3.63, 3.8) is 0 Å². The normalized spacial score (nSPS) is 11.3. The van der Waals surface area contributed by atoms with E-state index < -0.39 is 38.9 Å². The molecule has 0 aliphatic heterocycles. The zero-order valence-corrected chi connectivity index (χ0v) is 8.54. The lowest BCUT2D eigenvalue weighted by Crippen LogP contribution is -2.10. The molecule has 1 N–H and O–H groups in total. The van der Waals surface area contributed by atoms with Crippen LogP contribution in [0.2, 0.25) is 5.02 Å². The zero-order chi connectivity index (χ0) is 13.4. The number of carboxylic acids is 1. The lowest BCUT2D eigenvalue weighted by atomic mass is 10.1. The Morgan fingerprint density at radius 3 is 2.29 bits per heavy atom. The molecular weight excluding hydrogens is 267 g/mol. The molecule has 0 aliphatic rings. The number of halogens is 4. The standard InChI is InChI=1S/C8H3ClF3NO4/c9-5-1-3(7(14)15)6(13(16)17)2-4(5)8(10,11)12/h1-2H,(H,14,15). The fourth-order valence-corrected chi connectivity index (χ4v) is 1.37. The van der Waals surface area contributed by atoms with Crippen LogP contribution in [0.15, 0.2) is 12.1 Å². The molecule has 0 heterocycles. The largest absolute Gasteiger partial charge is 0.477 e. The summed E-state index contributed by atoms with van der Waals surface area (Å²) in [7, 11) is 0. The van der Waals surface area contributed by atoms with E-state index in [1.165, 1.54) is 0 Å². The Morgan fingerprint density at radius 1 is 1.41 bits per heavy atom. The number of nitro groups is 1. The maximum atomic E-state index is 12.4. The lowest BCUT2D eigenvalue weighted by Gasteiger charge is -2.09. The molecule has 0 atom stereocenters. The van der Waals surface area contributed by atoms with Gasteiger partial charge in [0, 0.05) is 6.07 Å². The molecule has 0 spiro atoms. The second kappa shape index (κ2) is 4.21. The third kappa shape index (κ3) is 2.64. The second-order valence-corrected chi connectivity index (χ2v) is 3.32. The van der Waals surface area contributed by atoms with Gasteiger partial charge >= 0.3 is 12.1 Å². The summed E-state index contributed by atoms with van der Waals surface area (Å²) < 4.78 is 37.1. The summed E-state index contributed by atoms with van der Waals surface area (Å²) in [5, 5.41) is 18.1. The van der Waals surface area contributed by atoms with E-state index in [2.05, 4.69) is 0 Å². The van der Waals surface area contributed by atoms with Gasteiger partial charge in [-0.05, 0) is 6.07 Å². The Labute approximate surface area is 96.6 Å². The number of hydrogen-bond donors (Lipinski definition) is 1. The molecule has 0 unspecified atom stereocenters. The number of nitro benzene ring substituents is 1. The summed E-state index contributed by atoms with van der Waals surface area (Å²) in [6, 6.07) is 0.511. The predicted molar refractivity (Wildman–Crippen MR) is 50.1 cm³/mol. The van der Waals surface area contributed by atoms with Crippen LogP contribution >= 0.6 is 11.6 Å². The number of hydrogen-bond acceptors (Lipinski definition) is 3. The van der Waals surface area contributed by atoms with Crippen molar-refractivity contribution in [3.8, 4) is 0 Å². The Hall–Kier alpha value is -1.83. The summed E-state index contributed by atoms with van der Waals surface area (Å²) in [4.78, 5) is 19.8. The molecule has 0 aromatic heterocycles. The van der Waals surface area contributed by atoms with Gasteiger partial charge in [0.05, 0.1) is 15.5 Å². The van der Waals surface area contributed by atoms with E-state index >= 15 is 0 Å². The highest BCUT2D eigenvalue weighted by atomic mass is 35.5. The topological polar surface area (TPSA) is 80.4 Å². The Bertz CT molecular complexity index is 500. The van der Waals surface area contributed by atoms with Crippen molar-refractivity contribution < 1.29 is 28.0 Å². The number of alkyl halides is 3. The van der Waals surface area contributed by atoms with Crippen molar-refractivity contribution in [2.75, 3.05) is 0 Å². The smallest absolute Gasteiger partial charge is 0.418 e. The van der Waals surface area contributed by atoms with Gasteiger partial charge in [-0.2, -0.15) is 13.2 Å². The molecule has 17 heavy (non-hydrogen) atoms. The van der Waals surface area contributed by atoms with Gasteiger partial charge in [-0.25, -0.2) is 4.79 Å². The molecule has 9 heteroatoms. The van der Waals surface area contributed by atoms with Crippen molar-refractivity contribution in [1.29, 1.82) is 0 Å². The summed E-state index contributed by atoms with van der Waals surface area (Å²) in [6.45, 7) is 0. The van der Waals surface area contributed by atoms with E-state index in [0.717, 1.165) is 0 Å². The number of nitrogens with zero attached hydrogens (tertiary/aromatic N) is 1. The van der Waals surface area contributed by atoms with Gasteiger partial charge in [0.2, 0.25) is 0 Å². The first-order valence-electron chi connectivity index (χ1n) is 3.93. The predicted octanol–water partition coefficient (Wildman–Crippen LogP) is 2.97. The molecule has 1 rings (SSSR count). The summed E-state index contributed by atoms with van der Waals surface area (Å²) >= 11 is 5.23. The number of benzene rings is 1. The fourth-order valence-electron chi connectivity index (χ4n) is 1.10. The third-order valence-corrected chi connectivity index (χ3v) is 2.13. The molecule has 0 radical (unpaired) electrons. The zero-order valence-electron chi connectivity index (χ0n) is 7.79. The van der Waals surface area contributed by atoms with Gasteiger partial charge in [-0.1, -0.05) is 11.6 Å². The van der Waals surface area contributed by atoms with E-state index in [1.807, 2.05) is 0 Å². The van der Waals surface area contributed by atoms with Crippen molar-refractivity contribution in [1.82, 2.24) is 0 Å². The van der Waals surface area contributed by atoms with Gasteiger partial charge in [-0.3, -0.25) is 10.1 Å². The molecule has 0 saturated heterocycles. The number of carbonyl (C=O) groups is 1. The fraction of sp³-hybridized carbons (Fsp3) is 0.125. The molecule has 1 aromatic carbocycles. The quantitative estimate of drug-likeness (QED) is 0.661. The molecule has 1 aromatic rings. The summed E-state index contributed by atoms with van der Waals surface area (Å²) in [6.07, 6.45) is -4.89. The van der Waals surface area contributed by atoms with Gasteiger partial charge in [0.15, 0.2) is 0 Å². The maximum Gasteiger partial charge on any atom is 0.418 e. The summed E-state index contributed by atoms with van der Waals surface area (Å²) in [5.41, 5.74) is -3.50. The molecule has 0 fully saturated rings. The minimum absolute atomic E-state index is 0.103. The average molecular weight is 270 g/mol. The first kappa shape index (κ1) is 13.2. The van der Waals surface area contributed by atoms with Crippen molar-refractivity contribution in [3.05, 3.63) is 38.4 Å². The Balaban J connectivity index is 3.57. The first-order valence-corrected chi connectivity index (χ1v) is 4.31. The Kier molecular flexibility index (Phi) is 3.28. The molecule has 0 saturated carbocycles. The van der Waals surface area contributed by atoms with Crippen LogP contribution in [0.25, 0.3) is 0 Å². The highest BCUT2D eigenvalue weighted by molar-refractivity contribution is 6.32. The average Bonchev–Trinajstić information content (AvgIpc) is 2.14. The number of aromatic carboxylic acids is 1. The van der Waals surface area contributed by atoms with Gasteiger partial charge in [0.1, 0.15) is 5.56 Å². The summed E-state index contributed by atoms with van der Waals surface area (Å²) in [5.74, 6) is -1.73. The Morgan fingerprint density at radius 2 is 1.94 bits per heavy atom. The highest BCUT2D eigenvalue weighted by Gasteiger charge is 2.36. The first-order chi connectivity index (χ1) is 7.64. The van der Waals surface area contributed by atoms with Crippen LogP contribution in [-0.4, -0.2) is 16.0 Å².